The smallest absolute Gasteiger partial charge is 0.148 e. The lowest BCUT2D eigenvalue weighted by Crippen LogP contribution is -2.38. The van der Waals surface area contributed by atoms with Crippen molar-refractivity contribution in [3.63, 3.8) is 0 Å². The molecule has 0 radical (unpaired) electrons. The van der Waals surface area contributed by atoms with Crippen molar-refractivity contribution >= 4 is 5.78 Å². The van der Waals surface area contributed by atoms with E-state index in [1.807, 2.05) is 0 Å². The van der Waals surface area contributed by atoms with Crippen LogP contribution in [0.3, 0.4) is 0 Å². The topological polar surface area (TPSA) is 29.1 Å². The zero-order chi connectivity index (χ0) is 10.1. The number of rotatable bonds is 1. The molecule has 2 rings (SSSR count). The van der Waals surface area contributed by atoms with Gasteiger partial charge in [-0.3, -0.25) is 4.79 Å². The van der Waals surface area contributed by atoms with Crippen molar-refractivity contribution in [2.24, 2.45) is 5.92 Å². The molecule has 1 saturated heterocycles. The first-order chi connectivity index (χ1) is 6.66. The molecule has 4 atom stereocenters. The molecule has 0 aromatic heterocycles. The fourth-order valence-electron chi connectivity index (χ4n) is 2.44. The number of nitrogens with one attached hydrogen (secondary N) is 1. The van der Waals surface area contributed by atoms with Crippen LogP contribution in [0, 0.1) is 5.92 Å². The van der Waals surface area contributed by atoms with E-state index >= 15 is 0 Å². The third kappa shape index (κ3) is 1.95. The van der Waals surface area contributed by atoms with Crippen LogP contribution in [0.4, 0.5) is 8.78 Å². The summed E-state index contributed by atoms with van der Waals surface area (Å²) in [5.74, 6) is 0.330. The Morgan fingerprint density at radius 1 is 1.21 bits per heavy atom. The Hall–Kier alpha value is -0.510. The lowest BCUT2D eigenvalue weighted by molar-refractivity contribution is -0.116. The Morgan fingerprint density at radius 2 is 2.00 bits per heavy atom. The Morgan fingerprint density at radius 3 is 2.57 bits per heavy atom. The van der Waals surface area contributed by atoms with E-state index in [0.29, 0.717) is 25.8 Å². The minimum atomic E-state index is -1.33. The van der Waals surface area contributed by atoms with Crippen LogP contribution in [0.2, 0.25) is 0 Å². The SMILES string of the molecule is O=C1CN[C@@H](C2CCC(F)C(F)C2)C1. The number of ketones is 1. The van der Waals surface area contributed by atoms with Crippen LogP contribution < -0.4 is 5.32 Å². The number of Topliss-reactive ketones (excluding diaryl/α,β-unsaturated/α-hetero) is 1. The normalized spacial score (nSPS) is 44.3. The highest BCUT2D eigenvalue weighted by Crippen LogP contribution is 2.32. The van der Waals surface area contributed by atoms with Crippen LogP contribution in [0.1, 0.15) is 25.7 Å². The van der Waals surface area contributed by atoms with Gasteiger partial charge in [-0.1, -0.05) is 0 Å². The van der Waals surface area contributed by atoms with Gasteiger partial charge in [0, 0.05) is 12.5 Å². The molecule has 1 saturated carbocycles. The summed E-state index contributed by atoms with van der Waals surface area (Å²) >= 11 is 0. The van der Waals surface area contributed by atoms with E-state index in [9.17, 15) is 13.6 Å². The summed E-state index contributed by atoms with van der Waals surface area (Å²) in [5.41, 5.74) is 0. The fraction of sp³-hybridized carbons (Fsp3) is 0.900. The van der Waals surface area contributed by atoms with E-state index in [1.165, 1.54) is 0 Å². The molecule has 1 aliphatic heterocycles. The van der Waals surface area contributed by atoms with E-state index < -0.39 is 12.3 Å². The van der Waals surface area contributed by atoms with Gasteiger partial charge in [0.25, 0.3) is 0 Å². The third-order valence-electron chi connectivity index (χ3n) is 3.31. The van der Waals surface area contributed by atoms with Gasteiger partial charge in [-0.25, -0.2) is 8.78 Å². The second-order valence-corrected chi connectivity index (χ2v) is 4.34. The lowest BCUT2D eigenvalue weighted by Gasteiger charge is -2.31. The summed E-state index contributed by atoms with van der Waals surface area (Å²) in [4.78, 5) is 11.0. The van der Waals surface area contributed by atoms with Gasteiger partial charge >= 0.3 is 0 Å². The number of hydrogen-bond donors (Lipinski definition) is 1. The standard InChI is InChI=1S/C10H15F2NO/c11-8-2-1-6(3-9(8)12)10-4-7(14)5-13-10/h6,8-10,13H,1-5H2/t6?,8?,9?,10-/m1/s1. The lowest BCUT2D eigenvalue weighted by atomic mass is 9.81. The van der Waals surface area contributed by atoms with Crippen molar-refractivity contribution in [1.29, 1.82) is 0 Å². The monoisotopic (exact) mass is 203 g/mol. The highest BCUT2D eigenvalue weighted by Gasteiger charge is 2.36. The van der Waals surface area contributed by atoms with E-state index in [1.54, 1.807) is 0 Å². The van der Waals surface area contributed by atoms with Gasteiger partial charge in [-0.2, -0.15) is 0 Å². The van der Waals surface area contributed by atoms with Gasteiger partial charge in [0.05, 0.1) is 6.54 Å². The van der Waals surface area contributed by atoms with E-state index in [0.717, 1.165) is 0 Å². The highest BCUT2D eigenvalue weighted by atomic mass is 19.2. The maximum Gasteiger partial charge on any atom is 0.148 e. The van der Waals surface area contributed by atoms with Crippen LogP contribution in [-0.4, -0.2) is 30.7 Å². The predicted molar refractivity (Wildman–Crippen MR) is 48.5 cm³/mol. The number of halogens is 2. The summed E-state index contributed by atoms with van der Waals surface area (Å²) in [6.45, 7) is 0.400. The second kappa shape index (κ2) is 3.93. The molecular formula is C10H15F2NO. The van der Waals surface area contributed by atoms with Crippen LogP contribution in [0.15, 0.2) is 0 Å². The molecular weight excluding hydrogens is 188 g/mol. The van der Waals surface area contributed by atoms with Crippen molar-refractivity contribution in [2.75, 3.05) is 6.54 Å². The van der Waals surface area contributed by atoms with Crippen molar-refractivity contribution in [1.82, 2.24) is 5.32 Å². The first kappa shape index (κ1) is 10.0. The number of alkyl halides is 2. The zero-order valence-electron chi connectivity index (χ0n) is 8.01. The Kier molecular flexibility index (Phi) is 2.81. The third-order valence-corrected chi connectivity index (χ3v) is 3.31. The van der Waals surface area contributed by atoms with E-state index in [4.69, 9.17) is 0 Å². The molecule has 14 heavy (non-hydrogen) atoms. The minimum Gasteiger partial charge on any atom is -0.306 e. The molecule has 2 aliphatic rings. The van der Waals surface area contributed by atoms with E-state index in [-0.39, 0.29) is 24.2 Å². The molecule has 1 heterocycles. The van der Waals surface area contributed by atoms with Crippen molar-refractivity contribution in [2.45, 2.75) is 44.1 Å². The maximum absolute atomic E-state index is 13.1. The molecule has 0 amide bonds. The van der Waals surface area contributed by atoms with Crippen LogP contribution in [-0.2, 0) is 4.79 Å². The summed E-state index contributed by atoms with van der Waals surface area (Å²) < 4.78 is 25.9. The fourth-order valence-corrected chi connectivity index (χ4v) is 2.44. The molecule has 1 aliphatic carbocycles. The quantitative estimate of drug-likeness (QED) is 0.697. The Balaban J connectivity index is 1.90. The minimum absolute atomic E-state index is 0.0910. The second-order valence-electron chi connectivity index (χ2n) is 4.34. The van der Waals surface area contributed by atoms with Gasteiger partial charge in [-0.05, 0) is 25.2 Å². The molecule has 3 unspecified atom stereocenters. The van der Waals surface area contributed by atoms with Gasteiger partial charge in [0.1, 0.15) is 18.1 Å². The predicted octanol–water partition coefficient (Wildman–Crippen LogP) is 1.39. The maximum atomic E-state index is 13.1. The van der Waals surface area contributed by atoms with Gasteiger partial charge in [0.15, 0.2) is 0 Å². The molecule has 0 aromatic rings. The molecule has 1 N–H and O–H groups in total. The van der Waals surface area contributed by atoms with Crippen molar-refractivity contribution in [3.8, 4) is 0 Å². The average Bonchev–Trinajstić information content (AvgIpc) is 2.57. The summed E-state index contributed by atoms with van der Waals surface area (Å²) in [7, 11) is 0. The largest absolute Gasteiger partial charge is 0.306 e. The number of carbonyl (C=O) groups excluding carboxylic acids is 1. The van der Waals surface area contributed by atoms with Gasteiger partial charge in [-0.15, -0.1) is 0 Å². The first-order valence-electron chi connectivity index (χ1n) is 5.20. The zero-order valence-corrected chi connectivity index (χ0v) is 8.01. The summed E-state index contributed by atoms with van der Waals surface area (Å²) in [6, 6.07) is 0.0910. The Labute approximate surface area is 82.1 Å². The first-order valence-corrected chi connectivity index (χ1v) is 5.20. The molecule has 0 spiro atoms. The van der Waals surface area contributed by atoms with Gasteiger partial charge in [0.2, 0.25) is 0 Å². The van der Waals surface area contributed by atoms with E-state index in [2.05, 4.69) is 5.32 Å². The molecule has 0 bridgehead atoms. The molecule has 4 heteroatoms. The van der Waals surface area contributed by atoms with Crippen molar-refractivity contribution < 1.29 is 13.6 Å². The molecule has 2 fully saturated rings. The molecule has 80 valence electrons. The van der Waals surface area contributed by atoms with Crippen LogP contribution >= 0.6 is 0 Å². The number of hydrogen-bond acceptors (Lipinski definition) is 2. The summed E-state index contributed by atoms with van der Waals surface area (Å²) in [5, 5.41) is 3.07. The van der Waals surface area contributed by atoms with Crippen molar-refractivity contribution in [3.05, 3.63) is 0 Å². The highest BCUT2D eigenvalue weighted by molar-refractivity contribution is 5.83. The molecule has 0 aromatic carbocycles. The average molecular weight is 203 g/mol. The Bertz CT molecular complexity index is 234. The molecule has 2 nitrogen and oxygen atoms in total. The number of carbonyl (C=O) groups is 1. The van der Waals surface area contributed by atoms with Crippen LogP contribution in [0.5, 0.6) is 0 Å². The summed E-state index contributed by atoms with van der Waals surface area (Å²) in [6.07, 6.45) is -0.847. The van der Waals surface area contributed by atoms with Gasteiger partial charge < -0.3 is 5.32 Å². The van der Waals surface area contributed by atoms with Crippen LogP contribution in [0.25, 0.3) is 0 Å².